The van der Waals surface area contributed by atoms with Crippen molar-refractivity contribution in [2.45, 2.75) is 24.7 Å². The maximum Gasteiger partial charge on any atom is 0.319 e. The van der Waals surface area contributed by atoms with E-state index >= 15 is 0 Å². The molecule has 1 fully saturated rings. The van der Waals surface area contributed by atoms with Crippen molar-refractivity contribution in [2.24, 2.45) is 0 Å². The van der Waals surface area contributed by atoms with Gasteiger partial charge in [-0.15, -0.1) is 0 Å². The zero-order chi connectivity index (χ0) is 15.4. The minimum absolute atomic E-state index is 0.0610. The summed E-state index contributed by atoms with van der Waals surface area (Å²) in [7, 11) is 2.92. The largest absolute Gasteiger partial charge is 0.497 e. The third kappa shape index (κ3) is 3.72. The summed E-state index contributed by atoms with van der Waals surface area (Å²) < 4.78 is 9.76. The number of nitrogens with zero attached hydrogens (tertiary/aromatic N) is 1. The van der Waals surface area contributed by atoms with Gasteiger partial charge < -0.3 is 19.7 Å². The number of hydrogen-bond donors (Lipinski definition) is 2. The van der Waals surface area contributed by atoms with Crippen LogP contribution in [0.25, 0.3) is 0 Å². The Balaban J connectivity index is 2.07. The zero-order valence-corrected chi connectivity index (χ0v) is 12.2. The topological polar surface area (TPSA) is 79.2 Å². The number of β-amino-alcohol motifs (C(OH)–C–C–N with tert-alkyl or cyclic N) is 1. The molecule has 21 heavy (non-hydrogen) atoms. The minimum atomic E-state index is -0.878. The fourth-order valence-electron chi connectivity index (χ4n) is 2.62. The number of rotatable bonds is 5. The van der Waals surface area contributed by atoms with Gasteiger partial charge in [-0.25, -0.2) is 0 Å². The Kier molecular flexibility index (Phi) is 5.17. The molecule has 1 saturated heterocycles. The molecule has 2 rings (SSSR count). The molecular weight excluding hydrogens is 274 g/mol. The van der Waals surface area contributed by atoms with Gasteiger partial charge in [0, 0.05) is 12.6 Å². The highest BCUT2D eigenvalue weighted by Gasteiger charge is 2.40. The van der Waals surface area contributed by atoms with Crippen molar-refractivity contribution in [2.75, 3.05) is 27.3 Å². The van der Waals surface area contributed by atoms with Crippen LogP contribution in [0.15, 0.2) is 24.3 Å². The molecule has 116 valence electrons. The fraction of sp³-hybridized carbons (Fsp3) is 0.533. The number of aliphatic hydroxyl groups excluding tert-OH is 2. The second kappa shape index (κ2) is 6.89. The van der Waals surface area contributed by atoms with E-state index in [0.29, 0.717) is 6.42 Å². The quantitative estimate of drug-likeness (QED) is 0.734. The molecule has 1 aliphatic heterocycles. The Labute approximate surface area is 123 Å². The van der Waals surface area contributed by atoms with Gasteiger partial charge in [-0.1, -0.05) is 12.1 Å². The predicted octanol–water partition coefficient (Wildman–Crippen LogP) is -0.183. The summed E-state index contributed by atoms with van der Waals surface area (Å²) in [5.74, 6) is 0.383. The molecule has 3 atom stereocenters. The zero-order valence-electron chi connectivity index (χ0n) is 12.2. The predicted molar refractivity (Wildman–Crippen MR) is 76.1 cm³/mol. The second-order valence-corrected chi connectivity index (χ2v) is 5.18. The normalized spacial score (nSPS) is 25.8. The molecule has 0 radical (unpaired) electrons. The Morgan fingerprint density at radius 1 is 1.29 bits per heavy atom. The van der Waals surface area contributed by atoms with Gasteiger partial charge in [0.1, 0.15) is 5.75 Å². The molecule has 6 heteroatoms. The first-order valence-corrected chi connectivity index (χ1v) is 6.85. The Bertz CT molecular complexity index is 475. The lowest BCUT2D eigenvalue weighted by atomic mass is 10.0. The van der Waals surface area contributed by atoms with Crippen molar-refractivity contribution < 1.29 is 24.5 Å². The van der Waals surface area contributed by atoms with Crippen molar-refractivity contribution in [3.8, 4) is 5.75 Å². The third-order valence-corrected chi connectivity index (χ3v) is 3.84. The second-order valence-electron chi connectivity index (χ2n) is 5.18. The molecule has 0 saturated carbocycles. The summed E-state index contributed by atoms with van der Waals surface area (Å²) in [4.78, 5) is 13.2. The van der Waals surface area contributed by atoms with Gasteiger partial charge in [0.05, 0.1) is 33.0 Å². The summed E-state index contributed by atoms with van der Waals surface area (Å²) >= 11 is 0. The van der Waals surface area contributed by atoms with E-state index in [9.17, 15) is 15.0 Å². The lowest BCUT2D eigenvalue weighted by Gasteiger charge is -2.24. The molecule has 1 heterocycles. The van der Waals surface area contributed by atoms with E-state index in [2.05, 4.69) is 4.74 Å². The molecule has 1 aromatic carbocycles. The summed E-state index contributed by atoms with van der Waals surface area (Å²) in [6.45, 7) is 0.322. The Morgan fingerprint density at radius 3 is 2.52 bits per heavy atom. The number of ether oxygens (including phenoxy) is 2. The Morgan fingerprint density at radius 2 is 1.95 bits per heavy atom. The van der Waals surface area contributed by atoms with Crippen molar-refractivity contribution in [3.63, 3.8) is 0 Å². The smallest absolute Gasteiger partial charge is 0.319 e. The van der Waals surface area contributed by atoms with E-state index in [4.69, 9.17) is 4.74 Å². The average molecular weight is 295 g/mol. The molecule has 0 aromatic heterocycles. The van der Waals surface area contributed by atoms with Crippen molar-refractivity contribution in [3.05, 3.63) is 29.8 Å². The third-order valence-electron chi connectivity index (χ3n) is 3.84. The van der Waals surface area contributed by atoms with Crippen LogP contribution in [0.5, 0.6) is 5.75 Å². The SMILES string of the molecule is COC(=O)CN1C[C@H](O)[C@@H](O)[C@H]1Cc1ccc(OC)cc1. The van der Waals surface area contributed by atoms with Gasteiger partial charge in [-0.05, 0) is 24.1 Å². The van der Waals surface area contributed by atoms with Crippen LogP contribution in [-0.2, 0) is 16.0 Å². The van der Waals surface area contributed by atoms with Gasteiger partial charge in [0.25, 0.3) is 0 Å². The highest BCUT2D eigenvalue weighted by molar-refractivity contribution is 5.71. The summed E-state index contributed by atoms with van der Waals surface area (Å²) in [5, 5.41) is 19.9. The van der Waals surface area contributed by atoms with Crippen LogP contribution in [0.1, 0.15) is 5.56 Å². The first kappa shape index (κ1) is 15.8. The highest BCUT2D eigenvalue weighted by atomic mass is 16.5. The van der Waals surface area contributed by atoms with Crippen LogP contribution < -0.4 is 4.74 Å². The monoisotopic (exact) mass is 295 g/mol. The standard InChI is InChI=1S/C15H21NO5/c1-20-11-5-3-10(4-6-11)7-12-15(19)13(17)8-16(12)9-14(18)21-2/h3-6,12-13,15,17,19H,7-9H2,1-2H3/t12-,13+,15+/m1/s1. The lowest BCUT2D eigenvalue weighted by Crippen LogP contribution is -2.40. The van der Waals surface area contributed by atoms with Gasteiger partial charge >= 0.3 is 5.97 Å². The molecule has 0 aliphatic carbocycles. The van der Waals surface area contributed by atoms with Gasteiger partial charge in [-0.2, -0.15) is 0 Å². The number of likely N-dealkylation sites (tertiary alicyclic amines) is 1. The van der Waals surface area contributed by atoms with Crippen LogP contribution in [0.2, 0.25) is 0 Å². The molecule has 0 unspecified atom stereocenters. The number of methoxy groups -OCH3 is 2. The first-order chi connectivity index (χ1) is 10.0. The summed E-state index contributed by atoms with van der Waals surface area (Å²) in [6, 6.07) is 7.20. The van der Waals surface area contributed by atoms with E-state index in [0.717, 1.165) is 11.3 Å². The number of hydrogen-bond acceptors (Lipinski definition) is 6. The maximum absolute atomic E-state index is 11.4. The van der Waals surface area contributed by atoms with E-state index in [1.165, 1.54) is 7.11 Å². The van der Waals surface area contributed by atoms with Crippen molar-refractivity contribution in [1.29, 1.82) is 0 Å². The van der Waals surface area contributed by atoms with Crippen LogP contribution in [-0.4, -0.2) is 66.6 Å². The molecule has 2 N–H and O–H groups in total. The van der Waals surface area contributed by atoms with E-state index in [1.807, 2.05) is 24.3 Å². The van der Waals surface area contributed by atoms with Crippen LogP contribution in [0.3, 0.4) is 0 Å². The van der Waals surface area contributed by atoms with Crippen LogP contribution in [0.4, 0.5) is 0 Å². The highest BCUT2D eigenvalue weighted by Crippen LogP contribution is 2.23. The lowest BCUT2D eigenvalue weighted by molar-refractivity contribution is -0.142. The number of carbonyl (C=O) groups is 1. The van der Waals surface area contributed by atoms with E-state index in [1.54, 1.807) is 12.0 Å². The van der Waals surface area contributed by atoms with Gasteiger partial charge in [-0.3, -0.25) is 9.69 Å². The maximum atomic E-state index is 11.4. The first-order valence-electron chi connectivity index (χ1n) is 6.85. The van der Waals surface area contributed by atoms with Gasteiger partial charge in [0.2, 0.25) is 0 Å². The molecule has 1 aromatic rings. The number of benzene rings is 1. The molecule has 1 aliphatic rings. The molecular formula is C15H21NO5. The number of carbonyl (C=O) groups excluding carboxylic acids is 1. The number of aliphatic hydroxyl groups is 2. The summed E-state index contributed by atoms with van der Waals surface area (Å²) in [6.07, 6.45) is -1.19. The molecule has 6 nitrogen and oxygen atoms in total. The summed E-state index contributed by atoms with van der Waals surface area (Å²) in [5.41, 5.74) is 1.00. The molecule has 0 spiro atoms. The van der Waals surface area contributed by atoms with Crippen molar-refractivity contribution >= 4 is 5.97 Å². The average Bonchev–Trinajstić information content (AvgIpc) is 2.75. The van der Waals surface area contributed by atoms with Crippen LogP contribution in [0, 0.1) is 0 Å². The van der Waals surface area contributed by atoms with E-state index in [-0.39, 0.29) is 25.1 Å². The van der Waals surface area contributed by atoms with E-state index < -0.39 is 12.2 Å². The van der Waals surface area contributed by atoms with Gasteiger partial charge in [0.15, 0.2) is 0 Å². The number of esters is 1. The minimum Gasteiger partial charge on any atom is -0.497 e. The van der Waals surface area contributed by atoms with Crippen molar-refractivity contribution in [1.82, 2.24) is 4.90 Å². The fourth-order valence-corrected chi connectivity index (χ4v) is 2.62. The molecule has 0 amide bonds. The van der Waals surface area contributed by atoms with Crippen LogP contribution >= 0.6 is 0 Å². The molecule has 0 bridgehead atoms. The Hall–Kier alpha value is -1.63.